The van der Waals surface area contributed by atoms with Crippen LogP contribution in [0.1, 0.15) is 59.9 Å². The third kappa shape index (κ3) is 4.04. The average molecular weight is 418 g/mol. The van der Waals surface area contributed by atoms with Gasteiger partial charge in [-0.1, -0.05) is 49.3 Å². The normalized spacial score (nSPS) is 19.8. The predicted octanol–water partition coefficient (Wildman–Crippen LogP) is 6.46. The van der Waals surface area contributed by atoms with Crippen molar-refractivity contribution in [2.75, 3.05) is 0 Å². The van der Waals surface area contributed by atoms with Crippen LogP contribution >= 0.6 is 23.4 Å². The Hall–Kier alpha value is -1.65. The summed E-state index contributed by atoms with van der Waals surface area (Å²) in [4.78, 5) is 13.7. The molecule has 2 aliphatic heterocycles. The molecule has 0 amide bonds. The van der Waals surface area contributed by atoms with Crippen LogP contribution in [-0.4, -0.2) is 16.9 Å². The first-order chi connectivity index (χ1) is 13.2. The van der Waals surface area contributed by atoms with E-state index < -0.39 is 5.60 Å². The van der Waals surface area contributed by atoms with Crippen LogP contribution in [0.15, 0.2) is 51.6 Å². The minimum absolute atomic E-state index is 0.0155. The number of dihydropyridines is 1. The van der Waals surface area contributed by atoms with Gasteiger partial charge in [-0.3, -0.25) is 0 Å². The van der Waals surface area contributed by atoms with Crippen molar-refractivity contribution in [2.24, 2.45) is 0 Å². The van der Waals surface area contributed by atoms with Gasteiger partial charge < -0.3 is 10.1 Å². The van der Waals surface area contributed by atoms with Crippen LogP contribution in [-0.2, 0) is 9.53 Å². The van der Waals surface area contributed by atoms with Crippen LogP contribution in [0, 0.1) is 0 Å². The third-order valence-electron chi connectivity index (χ3n) is 4.93. The molecular weight excluding hydrogens is 390 g/mol. The summed E-state index contributed by atoms with van der Waals surface area (Å²) in [5.41, 5.74) is 6.37. The van der Waals surface area contributed by atoms with Gasteiger partial charge in [-0.05, 0) is 75.0 Å². The highest BCUT2D eigenvalue weighted by atomic mass is 35.5. The first kappa shape index (κ1) is 21.1. The van der Waals surface area contributed by atoms with Crippen molar-refractivity contribution in [3.8, 4) is 0 Å². The maximum atomic E-state index is 13.1. The molecule has 0 aromatic heterocycles. The standard InChI is InChI=1S/C23H28ClNO2S/c1-7-16-13(3)18-19(14-10-9-11-15(24)12-14)20(22(26)27-23(4,5)6)28-21(18)25-17(16)8-2/h9-12,21,25H,7-8H2,1-6H3. The Bertz CT molecular complexity index is 905. The molecule has 0 aliphatic carbocycles. The summed E-state index contributed by atoms with van der Waals surface area (Å²) in [6.45, 7) is 12.2. The van der Waals surface area contributed by atoms with Gasteiger partial charge in [0, 0.05) is 16.3 Å². The van der Waals surface area contributed by atoms with Crippen molar-refractivity contribution in [3.63, 3.8) is 0 Å². The molecule has 1 aromatic carbocycles. The molecule has 150 valence electrons. The lowest BCUT2D eigenvalue weighted by Gasteiger charge is -2.29. The molecule has 1 atom stereocenters. The molecule has 3 nitrogen and oxygen atoms in total. The van der Waals surface area contributed by atoms with Crippen LogP contribution in [0.4, 0.5) is 0 Å². The fraction of sp³-hybridized carbons (Fsp3) is 0.435. The fourth-order valence-corrected chi connectivity index (χ4v) is 5.33. The van der Waals surface area contributed by atoms with Gasteiger partial charge >= 0.3 is 5.97 Å². The molecule has 0 saturated heterocycles. The van der Waals surface area contributed by atoms with Crippen LogP contribution in [0.5, 0.6) is 0 Å². The molecule has 0 fully saturated rings. The molecule has 0 bridgehead atoms. The second-order valence-corrected chi connectivity index (χ2v) is 9.61. The van der Waals surface area contributed by atoms with Crippen molar-refractivity contribution >= 4 is 34.9 Å². The third-order valence-corrected chi connectivity index (χ3v) is 6.36. The quantitative estimate of drug-likeness (QED) is 0.570. The smallest absolute Gasteiger partial charge is 0.345 e. The monoisotopic (exact) mass is 417 g/mol. The molecule has 0 saturated carbocycles. The number of fused-ring (bicyclic) bond motifs is 1. The summed E-state index contributed by atoms with van der Waals surface area (Å²) in [5, 5.41) is 4.33. The van der Waals surface area contributed by atoms with Crippen LogP contribution in [0.3, 0.4) is 0 Å². The highest BCUT2D eigenvalue weighted by Gasteiger charge is 2.40. The number of ether oxygens (including phenoxy) is 1. The van der Waals surface area contributed by atoms with Gasteiger partial charge in [0.2, 0.25) is 0 Å². The van der Waals surface area contributed by atoms with E-state index in [4.69, 9.17) is 16.3 Å². The zero-order chi connectivity index (χ0) is 20.6. The van der Waals surface area contributed by atoms with Gasteiger partial charge in [0.25, 0.3) is 0 Å². The van der Waals surface area contributed by atoms with E-state index in [1.54, 1.807) is 11.8 Å². The van der Waals surface area contributed by atoms with Crippen molar-refractivity contribution in [3.05, 3.63) is 62.2 Å². The number of nitrogens with one attached hydrogen (secondary N) is 1. The van der Waals surface area contributed by atoms with E-state index in [1.807, 2.05) is 45.0 Å². The summed E-state index contributed by atoms with van der Waals surface area (Å²) in [7, 11) is 0. The van der Waals surface area contributed by atoms with Gasteiger partial charge in [-0.2, -0.15) is 0 Å². The number of rotatable bonds is 4. The summed E-state index contributed by atoms with van der Waals surface area (Å²) < 4.78 is 5.74. The van der Waals surface area contributed by atoms with Gasteiger partial charge in [-0.15, -0.1) is 0 Å². The molecule has 1 unspecified atom stereocenters. The largest absolute Gasteiger partial charge is 0.456 e. The molecule has 0 spiro atoms. The predicted molar refractivity (Wildman–Crippen MR) is 119 cm³/mol. The first-order valence-corrected chi connectivity index (χ1v) is 11.0. The summed E-state index contributed by atoms with van der Waals surface area (Å²) in [6.07, 6.45) is 1.90. The number of esters is 1. The molecule has 2 heterocycles. The van der Waals surface area contributed by atoms with Gasteiger partial charge in [0.15, 0.2) is 0 Å². The number of hydrogen-bond acceptors (Lipinski definition) is 4. The Morgan fingerprint density at radius 3 is 2.54 bits per heavy atom. The van der Waals surface area contributed by atoms with Crippen molar-refractivity contribution < 1.29 is 9.53 Å². The Kier molecular flexibility index (Phi) is 6.02. The maximum absolute atomic E-state index is 13.1. The lowest BCUT2D eigenvalue weighted by Crippen LogP contribution is -2.31. The lowest BCUT2D eigenvalue weighted by molar-refractivity contribution is -0.148. The van der Waals surface area contributed by atoms with E-state index in [0.29, 0.717) is 9.93 Å². The number of thioether (sulfide) groups is 1. The number of carbonyl (C=O) groups excluding carboxylic acids is 1. The zero-order valence-corrected chi connectivity index (χ0v) is 19.0. The molecule has 1 N–H and O–H groups in total. The van der Waals surface area contributed by atoms with E-state index >= 15 is 0 Å². The first-order valence-electron chi connectivity index (χ1n) is 9.76. The van der Waals surface area contributed by atoms with E-state index in [2.05, 4.69) is 26.1 Å². The van der Waals surface area contributed by atoms with Gasteiger partial charge in [0.1, 0.15) is 15.9 Å². The molecule has 28 heavy (non-hydrogen) atoms. The fourth-order valence-electron chi connectivity index (χ4n) is 3.81. The number of benzene rings is 1. The number of hydrogen-bond donors (Lipinski definition) is 1. The van der Waals surface area contributed by atoms with E-state index in [-0.39, 0.29) is 11.3 Å². The second kappa shape index (κ2) is 8.00. The average Bonchev–Trinajstić information content (AvgIpc) is 3.00. The van der Waals surface area contributed by atoms with Crippen molar-refractivity contribution in [1.82, 2.24) is 5.32 Å². The van der Waals surface area contributed by atoms with E-state index in [9.17, 15) is 4.79 Å². The van der Waals surface area contributed by atoms with E-state index in [0.717, 1.165) is 24.0 Å². The molecular formula is C23H28ClNO2S. The Morgan fingerprint density at radius 2 is 1.96 bits per heavy atom. The van der Waals surface area contributed by atoms with Crippen LogP contribution < -0.4 is 5.32 Å². The second-order valence-electron chi connectivity index (χ2n) is 8.06. The lowest BCUT2D eigenvalue weighted by atomic mass is 9.86. The summed E-state index contributed by atoms with van der Waals surface area (Å²) in [5.74, 6) is -0.278. The Balaban J connectivity index is 2.21. The maximum Gasteiger partial charge on any atom is 0.345 e. The highest BCUT2D eigenvalue weighted by Crippen LogP contribution is 2.51. The number of halogens is 1. The molecule has 1 aromatic rings. The SMILES string of the molecule is CCC1=C(CC)C(C)=C2C(c3cccc(Cl)c3)=C(C(=O)OC(C)(C)C)SC2N1. The highest BCUT2D eigenvalue weighted by molar-refractivity contribution is 8.05. The minimum atomic E-state index is -0.546. The van der Waals surface area contributed by atoms with Crippen LogP contribution in [0.25, 0.3) is 5.57 Å². The summed E-state index contributed by atoms with van der Waals surface area (Å²) >= 11 is 7.83. The van der Waals surface area contributed by atoms with Crippen molar-refractivity contribution in [1.29, 1.82) is 0 Å². The van der Waals surface area contributed by atoms with Gasteiger partial charge in [-0.25, -0.2) is 4.79 Å². The summed E-state index contributed by atoms with van der Waals surface area (Å²) in [6, 6.07) is 7.72. The van der Waals surface area contributed by atoms with Gasteiger partial charge in [0.05, 0.1) is 0 Å². The number of allylic oxidation sites excluding steroid dienone is 3. The van der Waals surface area contributed by atoms with E-state index in [1.165, 1.54) is 22.4 Å². The molecule has 2 aliphatic rings. The topological polar surface area (TPSA) is 38.3 Å². The molecule has 5 heteroatoms. The number of carbonyl (C=O) groups is 1. The van der Waals surface area contributed by atoms with Crippen LogP contribution in [0.2, 0.25) is 5.02 Å². The molecule has 3 rings (SSSR count). The molecule has 0 radical (unpaired) electrons. The Morgan fingerprint density at radius 1 is 1.25 bits per heavy atom. The zero-order valence-electron chi connectivity index (χ0n) is 17.4. The van der Waals surface area contributed by atoms with Crippen molar-refractivity contribution in [2.45, 2.75) is 65.4 Å². The minimum Gasteiger partial charge on any atom is -0.456 e. The Labute approximate surface area is 177 Å².